The van der Waals surface area contributed by atoms with Crippen LogP contribution in [-0.2, 0) is 6.54 Å². The van der Waals surface area contributed by atoms with Crippen LogP contribution in [0.5, 0.6) is 0 Å². The van der Waals surface area contributed by atoms with Gasteiger partial charge in [0, 0.05) is 11.6 Å². The molecular formula is C14H24N2S. The minimum absolute atomic E-state index is 0.417. The summed E-state index contributed by atoms with van der Waals surface area (Å²) in [6, 6.07) is 0. The maximum absolute atomic E-state index is 4.37. The SMILES string of the molecule is CC(C)(C)C1(C)CCN(Cc2nccs2)CC1. The van der Waals surface area contributed by atoms with E-state index in [4.69, 9.17) is 0 Å². The summed E-state index contributed by atoms with van der Waals surface area (Å²) in [4.78, 5) is 6.92. The molecule has 1 saturated heterocycles. The number of rotatable bonds is 2. The quantitative estimate of drug-likeness (QED) is 0.796. The monoisotopic (exact) mass is 252 g/mol. The summed E-state index contributed by atoms with van der Waals surface area (Å²) in [7, 11) is 0. The van der Waals surface area contributed by atoms with Crippen LogP contribution < -0.4 is 0 Å². The molecule has 0 atom stereocenters. The molecular weight excluding hydrogens is 228 g/mol. The Morgan fingerprint density at radius 1 is 1.35 bits per heavy atom. The fourth-order valence-corrected chi connectivity index (χ4v) is 3.13. The molecule has 1 aromatic heterocycles. The number of hydrogen-bond acceptors (Lipinski definition) is 3. The fourth-order valence-electron chi connectivity index (χ4n) is 2.48. The van der Waals surface area contributed by atoms with Gasteiger partial charge in [0.25, 0.3) is 0 Å². The standard InChI is InChI=1S/C14H24N2S/c1-13(2,3)14(4)5-8-16(9-6-14)11-12-15-7-10-17-12/h7,10H,5-6,8-9,11H2,1-4H3. The van der Waals surface area contributed by atoms with E-state index in [0.717, 1.165) is 6.54 Å². The molecule has 0 amide bonds. The number of aromatic nitrogens is 1. The Morgan fingerprint density at radius 2 is 2.00 bits per heavy atom. The minimum Gasteiger partial charge on any atom is -0.297 e. The van der Waals surface area contributed by atoms with Gasteiger partial charge in [-0.25, -0.2) is 4.98 Å². The summed E-state index contributed by atoms with van der Waals surface area (Å²) < 4.78 is 0. The Bertz CT molecular complexity index is 343. The third-order valence-corrected chi connectivity index (χ3v) is 5.38. The Hall–Kier alpha value is -0.410. The van der Waals surface area contributed by atoms with Crippen molar-refractivity contribution in [2.24, 2.45) is 10.8 Å². The van der Waals surface area contributed by atoms with E-state index in [-0.39, 0.29) is 0 Å². The van der Waals surface area contributed by atoms with Crippen molar-refractivity contribution in [3.8, 4) is 0 Å². The highest BCUT2D eigenvalue weighted by Crippen LogP contribution is 2.46. The molecule has 1 aromatic rings. The molecule has 3 heteroatoms. The van der Waals surface area contributed by atoms with Crippen molar-refractivity contribution in [3.63, 3.8) is 0 Å². The number of nitrogens with zero attached hydrogens (tertiary/aromatic N) is 2. The van der Waals surface area contributed by atoms with Gasteiger partial charge in [0.1, 0.15) is 5.01 Å². The molecule has 1 fully saturated rings. The first-order valence-corrected chi connectivity index (χ1v) is 7.39. The summed E-state index contributed by atoms with van der Waals surface area (Å²) in [6.07, 6.45) is 4.52. The summed E-state index contributed by atoms with van der Waals surface area (Å²) in [5.41, 5.74) is 0.909. The minimum atomic E-state index is 0.417. The molecule has 0 saturated carbocycles. The summed E-state index contributed by atoms with van der Waals surface area (Å²) >= 11 is 1.77. The Labute approximate surface area is 109 Å². The lowest BCUT2D eigenvalue weighted by atomic mass is 9.63. The predicted molar refractivity (Wildman–Crippen MR) is 74.2 cm³/mol. The van der Waals surface area contributed by atoms with Gasteiger partial charge in [-0.2, -0.15) is 0 Å². The molecule has 2 rings (SSSR count). The van der Waals surface area contributed by atoms with Gasteiger partial charge in [0.05, 0.1) is 6.54 Å². The third-order valence-electron chi connectivity index (χ3n) is 4.61. The van der Waals surface area contributed by atoms with Crippen molar-refractivity contribution >= 4 is 11.3 Å². The van der Waals surface area contributed by atoms with E-state index in [9.17, 15) is 0 Å². The lowest BCUT2D eigenvalue weighted by Gasteiger charge is -2.47. The van der Waals surface area contributed by atoms with Crippen molar-refractivity contribution in [2.45, 2.75) is 47.1 Å². The van der Waals surface area contributed by atoms with Crippen LogP contribution >= 0.6 is 11.3 Å². The Morgan fingerprint density at radius 3 is 2.47 bits per heavy atom. The van der Waals surface area contributed by atoms with Gasteiger partial charge in [0.15, 0.2) is 0 Å². The molecule has 0 aliphatic carbocycles. The van der Waals surface area contributed by atoms with Gasteiger partial charge in [-0.1, -0.05) is 27.7 Å². The van der Waals surface area contributed by atoms with Crippen LogP contribution in [0.2, 0.25) is 0 Å². The average molecular weight is 252 g/mol. The van der Waals surface area contributed by atoms with Crippen LogP contribution in [0.1, 0.15) is 45.5 Å². The van der Waals surface area contributed by atoms with Crippen LogP contribution in [-0.4, -0.2) is 23.0 Å². The molecule has 96 valence electrons. The smallest absolute Gasteiger partial charge is 0.107 e. The fraction of sp³-hybridized carbons (Fsp3) is 0.786. The van der Waals surface area contributed by atoms with Gasteiger partial charge >= 0.3 is 0 Å². The molecule has 0 aromatic carbocycles. The second kappa shape index (κ2) is 4.69. The summed E-state index contributed by atoms with van der Waals surface area (Å²) in [6.45, 7) is 13.1. The van der Waals surface area contributed by atoms with Crippen LogP contribution in [0.3, 0.4) is 0 Å². The van der Waals surface area contributed by atoms with Crippen molar-refractivity contribution in [1.29, 1.82) is 0 Å². The maximum atomic E-state index is 4.37. The summed E-state index contributed by atoms with van der Waals surface area (Å²) in [5, 5.41) is 3.32. The third kappa shape index (κ3) is 2.89. The zero-order chi connectivity index (χ0) is 12.5. The first-order valence-electron chi connectivity index (χ1n) is 6.51. The normalized spacial score (nSPS) is 21.6. The van der Waals surface area contributed by atoms with E-state index in [1.807, 2.05) is 6.20 Å². The van der Waals surface area contributed by atoms with Crippen LogP contribution in [0.25, 0.3) is 0 Å². The van der Waals surface area contributed by atoms with Gasteiger partial charge < -0.3 is 0 Å². The second-order valence-corrected chi connectivity index (χ2v) is 7.49. The van der Waals surface area contributed by atoms with Gasteiger partial charge in [-0.15, -0.1) is 11.3 Å². The van der Waals surface area contributed by atoms with Crippen LogP contribution in [0.15, 0.2) is 11.6 Å². The van der Waals surface area contributed by atoms with E-state index in [0.29, 0.717) is 10.8 Å². The van der Waals surface area contributed by atoms with E-state index < -0.39 is 0 Å². The average Bonchev–Trinajstić information content (AvgIpc) is 2.73. The maximum Gasteiger partial charge on any atom is 0.107 e. The lowest BCUT2D eigenvalue weighted by Crippen LogP contribution is -2.44. The molecule has 2 nitrogen and oxygen atoms in total. The largest absolute Gasteiger partial charge is 0.297 e. The topological polar surface area (TPSA) is 16.1 Å². The molecule has 17 heavy (non-hydrogen) atoms. The van der Waals surface area contributed by atoms with Crippen molar-refractivity contribution < 1.29 is 0 Å². The number of thiazole rings is 1. The van der Waals surface area contributed by atoms with Gasteiger partial charge in [-0.3, -0.25) is 4.90 Å². The van der Waals surface area contributed by atoms with E-state index >= 15 is 0 Å². The molecule has 0 radical (unpaired) electrons. The lowest BCUT2D eigenvalue weighted by molar-refractivity contribution is 0.0197. The van der Waals surface area contributed by atoms with Crippen molar-refractivity contribution in [1.82, 2.24) is 9.88 Å². The predicted octanol–water partition coefficient (Wildman–Crippen LogP) is 3.79. The highest BCUT2D eigenvalue weighted by atomic mass is 32.1. The van der Waals surface area contributed by atoms with Crippen LogP contribution in [0.4, 0.5) is 0 Å². The van der Waals surface area contributed by atoms with E-state index in [1.54, 1.807) is 11.3 Å². The summed E-state index contributed by atoms with van der Waals surface area (Å²) in [5.74, 6) is 0. The second-order valence-electron chi connectivity index (χ2n) is 6.51. The van der Waals surface area contributed by atoms with Gasteiger partial charge in [-0.05, 0) is 36.8 Å². The zero-order valence-electron chi connectivity index (χ0n) is 11.5. The molecule has 1 aliphatic heterocycles. The molecule has 1 aliphatic rings. The number of likely N-dealkylation sites (tertiary alicyclic amines) is 1. The highest BCUT2D eigenvalue weighted by Gasteiger charge is 2.39. The Balaban J connectivity index is 1.90. The van der Waals surface area contributed by atoms with Crippen molar-refractivity contribution in [3.05, 3.63) is 16.6 Å². The highest BCUT2D eigenvalue weighted by molar-refractivity contribution is 7.09. The van der Waals surface area contributed by atoms with Gasteiger partial charge in [0.2, 0.25) is 0 Å². The first kappa shape index (κ1) is 13.0. The molecule has 2 heterocycles. The molecule has 0 N–H and O–H groups in total. The molecule has 0 unspecified atom stereocenters. The molecule has 0 bridgehead atoms. The molecule has 0 spiro atoms. The zero-order valence-corrected chi connectivity index (χ0v) is 12.3. The van der Waals surface area contributed by atoms with Crippen LogP contribution in [0, 0.1) is 10.8 Å². The van der Waals surface area contributed by atoms with E-state index in [2.05, 4.69) is 43.0 Å². The van der Waals surface area contributed by atoms with E-state index in [1.165, 1.54) is 30.9 Å². The number of hydrogen-bond donors (Lipinski definition) is 0. The number of piperidine rings is 1. The Kier molecular flexibility index (Phi) is 3.60. The first-order chi connectivity index (χ1) is 7.91. The van der Waals surface area contributed by atoms with Crippen molar-refractivity contribution in [2.75, 3.05) is 13.1 Å².